The van der Waals surface area contributed by atoms with Crippen LogP contribution in [0.25, 0.3) is 32.3 Å². The lowest BCUT2D eigenvalue weighted by Crippen LogP contribution is -1.84. The summed E-state index contributed by atoms with van der Waals surface area (Å²) in [4.78, 5) is 0. The Morgan fingerprint density at radius 1 is 0.526 bits per heavy atom. The van der Waals surface area contributed by atoms with Gasteiger partial charge in [0.1, 0.15) is 5.82 Å². The Labute approximate surface area is 110 Å². The SMILES string of the molecule is Fc1cc2c3ccccc3ccc2c2ccccc12. The zero-order chi connectivity index (χ0) is 12.8. The molecule has 0 unspecified atom stereocenters. The summed E-state index contributed by atoms with van der Waals surface area (Å²) in [5, 5.41) is 5.99. The Morgan fingerprint density at radius 3 is 2.00 bits per heavy atom. The molecular formula is C18H11F. The van der Waals surface area contributed by atoms with Crippen LogP contribution in [-0.4, -0.2) is 0 Å². The van der Waals surface area contributed by atoms with Gasteiger partial charge >= 0.3 is 0 Å². The number of hydrogen-bond acceptors (Lipinski definition) is 0. The second kappa shape index (κ2) is 3.79. The fourth-order valence-electron chi connectivity index (χ4n) is 2.82. The van der Waals surface area contributed by atoms with Gasteiger partial charge in [-0.2, -0.15) is 0 Å². The van der Waals surface area contributed by atoms with Crippen LogP contribution in [-0.2, 0) is 0 Å². The number of benzene rings is 4. The van der Waals surface area contributed by atoms with E-state index in [1.54, 1.807) is 6.07 Å². The molecule has 1 heteroatoms. The van der Waals surface area contributed by atoms with Gasteiger partial charge in [-0.25, -0.2) is 4.39 Å². The van der Waals surface area contributed by atoms with Crippen LogP contribution in [0.3, 0.4) is 0 Å². The van der Waals surface area contributed by atoms with E-state index in [-0.39, 0.29) is 5.82 Å². The molecule has 0 atom stereocenters. The van der Waals surface area contributed by atoms with Crippen molar-refractivity contribution in [1.29, 1.82) is 0 Å². The molecule has 4 aromatic rings. The lowest BCUT2D eigenvalue weighted by atomic mass is 9.97. The molecule has 0 aliphatic heterocycles. The molecular weight excluding hydrogens is 235 g/mol. The van der Waals surface area contributed by atoms with E-state index in [2.05, 4.69) is 18.2 Å². The summed E-state index contributed by atoms with van der Waals surface area (Å²) in [6.07, 6.45) is 0. The quantitative estimate of drug-likeness (QED) is 0.370. The molecule has 0 amide bonds. The van der Waals surface area contributed by atoms with Gasteiger partial charge in [-0.05, 0) is 33.0 Å². The third kappa shape index (κ3) is 1.45. The Kier molecular flexibility index (Phi) is 2.10. The third-order valence-electron chi connectivity index (χ3n) is 3.72. The van der Waals surface area contributed by atoms with Crippen LogP contribution in [0.15, 0.2) is 66.7 Å². The molecule has 19 heavy (non-hydrogen) atoms. The monoisotopic (exact) mass is 246 g/mol. The van der Waals surface area contributed by atoms with Crippen LogP contribution in [0, 0.1) is 5.82 Å². The molecule has 0 spiro atoms. The van der Waals surface area contributed by atoms with E-state index < -0.39 is 0 Å². The van der Waals surface area contributed by atoms with Crippen molar-refractivity contribution >= 4 is 32.3 Å². The lowest BCUT2D eigenvalue weighted by molar-refractivity contribution is 0.641. The van der Waals surface area contributed by atoms with Gasteiger partial charge in [-0.3, -0.25) is 0 Å². The van der Waals surface area contributed by atoms with Crippen molar-refractivity contribution in [2.75, 3.05) is 0 Å². The fraction of sp³-hybridized carbons (Fsp3) is 0. The molecule has 0 bridgehead atoms. The zero-order valence-electron chi connectivity index (χ0n) is 10.2. The molecule has 0 fully saturated rings. The van der Waals surface area contributed by atoms with E-state index >= 15 is 0 Å². The summed E-state index contributed by atoms with van der Waals surface area (Å²) < 4.78 is 14.2. The minimum absolute atomic E-state index is 0.153. The van der Waals surface area contributed by atoms with Gasteiger partial charge in [0.05, 0.1) is 0 Å². The summed E-state index contributed by atoms with van der Waals surface area (Å²) in [5.74, 6) is -0.153. The third-order valence-corrected chi connectivity index (χ3v) is 3.72. The summed E-state index contributed by atoms with van der Waals surface area (Å²) in [6.45, 7) is 0. The first-order chi connectivity index (χ1) is 9.34. The lowest BCUT2D eigenvalue weighted by Gasteiger charge is -2.08. The highest BCUT2D eigenvalue weighted by Crippen LogP contribution is 2.32. The standard InChI is InChI=1S/C18H11F/c19-18-11-17-13-6-2-1-5-12(13)9-10-15(17)14-7-3-4-8-16(14)18/h1-11H. The highest BCUT2D eigenvalue weighted by Gasteiger charge is 2.08. The average Bonchev–Trinajstić information content (AvgIpc) is 2.47. The minimum atomic E-state index is -0.153. The van der Waals surface area contributed by atoms with E-state index in [9.17, 15) is 4.39 Å². The van der Waals surface area contributed by atoms with E-state index in [1.165, 1.54) is 0 Å². The van der Waals surface area contributed by atoms with E-state index in [0.717, 1.165) is 26.9 Å². The van der Waals surface area contributed by atoms with Crippen LogP contribution >= 0.6 is 0 Å². The first-order valence-electron chi connectivity index (χ1n) is 6.33. The highest BCUT2D eigenvalue weighted by molar-refractivity contribution is 6.17. The van der Waals surface area contributed by atoms with Crippen LogP contribution in [0.2, 0.25) is 0 Å². The van der Waals surface area contributed by atoms with Gasteiger partial charge in [0, 0.05) is 5.39 Å². The summed E-state index contributed by atoms with van der Waals surface area (Å²) >= 11 is 0. The predicted octanol–water partition coefficient (Wildman–Crippen LogP) is 5.29. The predicted molar refractivity (Wildman–Crippen MR) is 78.9 cm³/mol. The molecule has 0 saturated heterocycles. The number of halogens is 1. The Bertz CT molecular complexity index is 922. The summed E-state index contributed by atoms with van der Waals surface area (Å²) in [5.41, 5.74) is 0. The molecule has 0 aromatic heterocycles. The smallest absolute Gasteiger partial charge is 0.131 e. The number of rotatable bonds is 0. The van der Waals surface area contributed by atoms with Gasteiger partial charge in [0.25, 0.3) is 0 Å². The minimum Gasteiger partial charge on any atom is -0.206 e. The Hall–Kier alpha value is -2.41. The number of fused-ring (bicyclic) bond motifs is 5. The van der Waals surface area contributed by atoms with Gasteiger partial charge < -0.3 is 0 Å². The van der Waals surface area contributed by atoms with Gasteiger partial charge in [0.15, 0.2) is 0 Å². The molecule has 4 rings (SSSR count). The Morgan fingerprint density at radius 2 is 1.16 bits per heavy atom. The van der Waals surface area contributed by atoms with Crippen LogP contribution in [0.1, 0.15) is 0 Å². The van der Waals surface area contributed by atoms with Crippen LogP contribution in [0.4, 0.5) is 4.39 Å². The van der Waals surface area contributed by atoms with Crippen molar-refractivity contribution in [3.05, 3.63) is 72.5 Å². The van der Waals surface area contributed by atoms with Crippen molar-refractivity contribution in [3.63, 3.8) is 0 Å². The van der Waals surface area contributed by atoms with E-state index in [1.807, 2.05) is 42.5 Å². The molecule has 4 aromatic carbocycles. The maximum absolute atomic E-state index is 14.2. The normalized spacial score (nSPS) is 11.4. The molecule has 0 aliphatic carbocycles. The fourth-order valence-corrected chi connectivity index (χ4v) is 2.82. The first kappa shape index (κ1) is 10.5. The van der Waals surface area contributed by atoms with Crippen molar-refractivity contribution in [3.8, 4) is 0 Å². The van der Waals surface area contributed by atoms with E-state index in [0.29, 0.717) is 5.39 Å². The van der Waals surface area contributed by atoms with Gasteiger partial charge in [-0.1, -0.05) is 60.7 Å². The zero-order valence-corrected chi connectivity index (χ0v) is 10.2. The largest absolute Gasteiger partial charge is 0.206 e. The highest BCUT2D eigenvalue weighted by atomic mass is 19.1. The van der Waals surface area contributed by atoms with Crippen molar-refractivity contribution < 1.29 is 4.39 Å². The maximum atomic E-state index is 14.2. The number of hydrogen-bond donors (Lipinski definition) is 0. The van der Waals surface area contributed by atoms with Crippen LogP contribution < -0.4 is 0 Å². The van der Waals surface area contributed by atoms with Crippen molar-refractivity contribution in [2.45, 2.75) is 0 Å². The molecule has 0 nitrogen and oxygen atoms in total. The molecule has 0 radical (unpaired) electrons. The van der Waals surface area contributed by atoms with Crippen molar-refractivity contribution in [2.24, 2.45) is 0 Å². The molecule has 0 N–H and O–H groups in total. The average molecular weight is 246 g/mol. The second-order valence-corrected chi connectivity index (χ2v) is 4.79. The molecule has 0 saturated carbocycles. The maximum Gasteiger partial charge on any atom is 0.131 e. The molecule has 0 aliphatic rings. The van der Waals surface area contributed by atoms with Gasteiger partial charge in [0.2, 0.25) is 0 Å². The topological polar surface area (TPSA) is 0 Å². The Balaban J connectivity index is 2.34. The molecule has 90 valence electrons. The summed E-state index contributed by atoms with van der Waals surface area (Å²) in [6, 6.07) is 21.6. The van der Waals surface area contributed by atoms with Crippen LogP contribution in [0.5, 0.6) is 0 Å². The first-order valence-corrected chi connectivity index (χ1v) is 6.33. The van der Waals surface area contributed by atoms with Crippen molar-refractivity contribution in [1.82, 2.24) is 0 Å². The summed E-state index contributed by atoms with van der Waals surface area (Å²) in [7, 11) is 0. The van der Waals surface area contributed by atoms with E-state index in [4.69, 9.17) is 0 Å². The second-order valence-electron chi connectivity index (χ2n) is 4.79. The molecule has 0 heterocycles. The van der Waals surface area contributed by atoms with Gasteiger partial charge in [-0.15, -0.1) is 0 Å².